The lowest BCUT2D eigenvalue weighted by atomic mass is 10.2. The van der Waals surface area contributed by atoms with Gasteiger partial charge in [-0.3, -0.25) is 0 Å². The first kappa shape index (κ1) is 10.5. The number of hydrogen-bond donors (Lipinski definition) is 2. The van der Waals surface area contributed by atoms with Gasteiger partial charge in [-0.25, -0.2) is 9.37 Å². The molecule has 0 unspecified atom stereocenters. The van der Waals surface area contributed by atoms with Gasteiger partial charge in [-0.1, -0.05) is 0 Å². The Morgan fingerprint density at radius 3 is 3.18 bits per heavy atom. The predicted octanol–water partition coefficient (Wildman–Crippen LogP) is 1.50. The number of aromatic amines is 1. The maximum atomic E-state index is 13.1. The van der Waals surface area contributed by atoms with Gasteiger partial charge >= 0.3 is 0 Å². The molecule has 2 heterocycles. The molecule has 90 valence electrons. The van der Waals surface area contributed by atoms with Crippen molar-refractivity contribution < 1.29 is 4.39 Å². The highest BCUT2D eigenvalue weighted by Gasteiger charge is 2.18. The third-order valence-corrected chi connectivity index (χ3v) is 3.10. The molecule has 0 amide bonds. The van der Waals surface area contributed by atoms with E-state index in [1.165, 1.54) is 12.1 Å². The quantitative estimate of drug-likeness (QED) is 0.786. The fraction of sp³-hybridized carbons (Fsp3) is 0.417. The topological polar surface area (TPSA) is 44.0 Å². The van der Waals surface area contributed by atoms with Crippen LogP contribution in [0.25, 0.3) is 11.0 Å². The summed E-state index contributed by atoms with van der Waals surface area (Å²) in [4.78, 5) is 9.86. The first-order valence-electron chi connectivity index (χ1n) is 5.86. The molecule has 17 heavy (non-hydrogen) atoms. The monoisotopic (exact) mass is 234 g/mol. The Morgan fingerprint density at radius 2 is 2.35 bits per heavy atom. The molecule has 5 heteroatoms. The summed E-state index contributed by atoms with van der Waals surface area (Å²) in [5.41, 5.74) is 1.57. The lowest BCUT2D eigenvalue weighted by Crippen LogP contribution is -2.49. The summed E-state index contributed by atoms with van der Waals surface area (Å²) in [5, 5.41) is 3.38. The Balaban J connectivity index is 1.94. The summed E-state index contributed by atoms with van der Waals surface area (Å²) in [5.74, 6) is 0.598. The Labute approximate surface area is 98.8 Å². The number of imidazole rings is 1. The molecule has 0 spiro atoms. The number of nitrogens with zero attached hydrogens (tertiary/aromatic N) is 2. The number of halogens is 1. The van der Waals surface area contributed by atoms with E-state index in [0.717, 1.165) is 36.6 Å². The lowest BCUT2D eigenvalue weighted by molar-refractivity contribution is 0.480. The van der Waals surface area contributed by atoms with Crippen LogP contribution in [0.2, 0.25) is 0 Å². The molecular weight excluding hydrogens is 219 g/mol. The molecule has 1 aliphatic heterocycles. The zero-order valence-corrected chi connectivity index (χ0v) is 9.70. The van der Waals surface area contributed by atoms with Crippen LogP contribution in [0.3, 0.4) is 0 Å². The first-order chi connectivity index (χ1) is 8.22. The summed E-state index contributed by atoms with van der Waals surface area (Å²) < 4.78 is 13.1. The van der Waals surface area contributed by atoms with E-state index in [9.17, 15) is 4.39 Å². The van der Waals surface area contributed by atoms with Crippen LogP contribution in [0, 0.1) is 5.82 Å². The van der Waals surface area contributed by atoms with E-state index in [1.54, 1.807) is 6.07 Å². The van der Waals surface area contributed by atoms with Gasteiger partial charge in [-0.05, 0) is 25.1 Å². The van der Waals surface area contributed by atoms with E-state index >= 15 is 0 Å². The Kier molecular flexibility index (Phi) is 2.48. The number of rotatable bonds is 1. The molecule has 1 saturated heterocycles. The molecular formula is C12H15FN4. The number of fused-ring (bicyclic) bond motifs is 1. The van der Waals surface area contributed by atoms with Crippen molar-refractivity contribution in [2.45, 2.75) is 13.0 Å². The molecule has 3 rings (SSSR count). The van der Waals surface area contributed by atoms with Gasteiger partial charge in [0.2, 0.25) is 5.95 Å². The Morgan fingerprint density at radius 1 is 1.47 bits per heavy atom. The number of nitrogens with one attached hydrogen (secondary N) is 2. The van der Waals surface area contributed by atoms with Crippen LogP contribution in [-0.2, 0) is 0 Å². The average molecular weight is 234 g/mol. The second-order valence-electron chi connectivity index (χ2n) is 4.52. The zero-order chi connectivity index (χ0) is 11.8. The Hall–Kier alpha value is -1.62. The summed E-state index contributed by atoms with van der Waals surface area (Å²) in [6.45, 7) is 4.94. The van der Waals surface area contributed by atoms with Crippen LogP contribution < -0.4 is 10.2 Å². The minimum absolute atomic E-state index is 0.235. The largest absolute Gasteiger partial charge is 0.340 e. The van der Waals surface area contributed by atoms with Crippen LogP contribution in [-0.4, -0.2) is 35.6 Å². The summed E-state index contributed by atoms with van der Waals surface area (Å²) in [7, 11) is 0. The second kappa shape index (κ2) is 4.00. The zero-order valence-electron chi connectivity index (χ0n) is 9.70. The van der Waals surface area contributed by atoms with Crippen molar-refractivity contribution in [1.82, 2.24) is 15.3 Å². The molecule has 0 radical (unpaired) electrons. The van der Waals surface area contributed by atoms with Crippen LogP contribution in [0.4, 0.5) is 10.3 Å². The van der Waals surface area contributed by atoms with Crippen LogP contribution >= 0.6 is 0 Å². The highest BCUT2D eigenvalue weighted by molar-refractivity contribution is 5.77. The van der Waals surface area contributed by atoms with Crippen molar-refractivity contribution in [1.29, 1.82) is 0 Å². The van der Waals surface area contributed by atoms with Gasteiger partial charge in [0, 0.05) is 25.7 Å². The molecule has 1 fully saturated rings. The van der Waals surface area contributed by atoms with Crippen LogP contribution in [0.15, 0.2) is 18.2 Å². The highest BCUT2D eigenvalue weighted by Crippen LogP contribution is 2.19. The minimum atomic E-state index is -0.235. The van der Waals surface area contributed by atoms with Crippen molar-refractivity contribution in [3.05, 3.63) is 24.0 Å². The summed E-state index contributed by atoms with van der Waals surface area (Å²) in [6, 6.07) is 5.08. The molecule has 2 N–H and O–H groups in total. The van der Waals surface area contributed by atoms with Crippen molar-refractivity contribution in [2.24, 2.45) is 0 Å². The second-order valence-corrected chi connectivity index (χ2v) is 4.52. The number of aromatic nitrogens is 2. The van der Waals surface area contributed by atoms with E-state index in [-0.39, 0.29) is 5.82 Å². The third kappa shape index (κ3) is 1.98. The molecule has 0 saturated carbocycles. The molecule has 1 aliphatic rings. The number of H-pyrrole nitrogens is 1. The van der Waals surface area contributed by atoms with E-state index in [1.807, 2.05) is 0 Å². The van der Waals surface area contributed by atoms with Gasteiger partial charge in [0.1, 0.15) is 5.82 Å². The van der Waals surface area contributed by atoms with Crippen molar-refractivity contribution in [3.63, 3.8) is 0 Å². The fourth-order valence-corrected chi connectivity index (χ4v) is 2.24. The molecule has 2 aromatic rings. The smallest absolute Gasteiger partial charge is 0.203 e. The fourth-order valence-electron chi connectivity index (χ4n) is 2.24. The van der Waals surface area contributed by atoms with Crippen LogP contribution in [0.5, 0.6) is 0 Å². The average Bonchev–Trinajstić information content (AvgIpc) is 2.72. The van der Waals surface area contributed by atoms with E-state index in [0.29, 0.717) is 6.04 Å². The number of anilines is 1. The highest BCUT2D eigenvalue weighted by atomic mass is 19.1. The van der Waals surface area contributed by atoms with E-state index < -0.39 is 0 Å². The molecule has 0 bridgehead atoms. The molecule has 0 aliphatic carbocycles. The maximum absolute atomic E-state index is 13.1. The van der Waals surface area contributed by atoms with Crippen LogP contribution in [0.1, 0.15) is 6.92 Å². The normalized spacial score (nSPS) is 21.1. The van der Waals surface area contributed by atoms with Crippen molar-refractivity contribution in [2.75, 3.05) is 24.5 Å². The number of piperazine rings is 1. The summed E-state index contributed by atoms with van der Waals surface area (Å²) >= 11 is 0. The van der Waals surface area contributed by atoms with Gasteiger partial charge in [0.15, 0.2) is 0 Å². The summed E-state index contributed by atoms with van der Waals surface area (Å²) in [6.07, 6.45) is 0. The standard InChI is InChI=1S/C12H15FN4/c1-8-7-17(5-4-14-8)12-15-10-3-2-9(13)6-11(10)16-12/h2-3,6,8,14H,4-5,7H2,1H3,(H,15,16)/t8-/m1/s1. The minimum Gasteiger partial charge on any atom is -0.340 e. The molecule has 1 aromatic carbocycles. The van der Waals surface area contributed by atoms with E-state index in [2.05, 4.69) is 27.1 Å². The van der Waals surface area contributed by atoms with E-state index in [4.69, 9.17) is 0 Å². The predicted molar refractivity (Wildman–Crippen MR) is 65.7 cm³/mol. The first-order valence-corrected chi connectivity index (χ1v) is 5.86. The van der Waals surface area contributed by atoms with Crippen molar-refractivity contribution in [3.8, 4) is 0 Å². The molecule has 1 atom stereocenters. The van der Waals surface area contributed by atoms with Gasteiger partial charge < -0.3 is 15.2 Å². The number of hydrogen-bond acceptors (Lipinski definition) is 3. The maximum Gasteiger partial charge on any atom is 0.203 e. The van der Waals surface area contributed by atoms with Gasteiger partial charge in [0.05, 0.1) is 11.0 Å². The lowest BCUT2D eigenvalue weighted by Gasteiger charge is -2.31. The molecule has 4 nitrogen and oxygen atoms in total. The van der Waals surface area contributed by atoms with Crippen molar-refractivity contribution >= 4 is 17.0 Å². The third-order valence-electron chi connectivity index (χ3n) is 3.10. The number of benzene rings is 1. The molecule has 1 aromatic heterocycles. The SMILES string of the molecule is C[C@@H]1CN(c2nc3ccc(F)cc3[nH]2)CCN1. The Bertz CT molecular complexity index is 536. The van der Waals surface area contributed by atoms with Gasteiger partial charge in [0.25, 0.3) is 0 Å². The van der Waals surface area contributed by atoms with Gasteiger partial charge in [-0.2, -0.15) is 0 Å². The van der Waals surface area contributed by atoms with Gasteiger partial charge in [-0.15, -0.1) is 0 Å².